The number of Topliss-reactive ketones (excluding diaryl/α,β-unsaturated/α-hetero) is 2. The minimum absolute atomic E-state index is 0.566. The molecule has 0 aliphatic rings. The van der Waals surface area contributed by atoms with Crippen LogP contribution in [0.4, 0.5) is 22.0 Å². The molecule has 0 unspecified atom stereocenters. The Morgan fingerprint density at radius 2 is 1.22 bits per heavy atom. The van der Waals surface area contributed by atoms with Gasteiger partial charge in [-0.05, 0) is 6.92 Å². The summed E-state index contributed by atoms with van der Waals surface area (Å²) in [7, 11) is 0. The molecule has 1 aromatic rings. The van der Waals surface area contributed by atoms with Crippen LogP contribution in [0.1, 0.15) is 18.9 Å². The van der Waals surface area contributed by atoms with Crippen molar-refractivity contribution in [3.63, 3.8) is 0 Å². The Kier molecular flexibility index (Phi) is 4.15. The molecule has 1 rings (SSSR count). The largest absolute Gasteiger partial charge is 0.300 e. The van der Waals surface area contributed by atoms with Crippen LogP contribution in [0.2, 0.25) is 0 Å². The van der Waals surface area contributed by atoms with Gasteiger partial charge in [-0.2, -0.15) is 0 Å². The first-order valence-electron chi connectivity index (χ1n) is 4.77. The highest BCUT2D eigenvalue weighted by Gasteiger charge is 2.26. The zero-order valence-electron chi connectivity index (χ0n) is 9.12. The Morgan fingerprint density at radius 3 is 1.61 bits per heavy atom. The summed E-state index contributed by atoms with van der Waals surface area (Å²) >= 11 is 0. The van der Waals surface area contributed by atoms with Crippen molar-refractivity contribution in [2.75, 3.05) is 0 Å². The third-order valence-corrected chi connectivity index (χ3v) is 2.12. The summed E-state index contributed by atoms with van der Waals surface area (Å²) in [6, 6.07) is 0. The van der Waals surface area contributed by atoms with Gasteiger partial charge in [-0.3, -0.25) is 9.59 Å². The van der Waals surface area contributed by atoms with E-state index in [4.69, 9.17) is 0 Å². The number of carbonyl (C=O) groups excluding carboxylic acids is 2. The summed E-state index contributed by atoms with van der Waals surface area (Å²) in [5.41, 5.74) is -1.22. The quantitative estimate of drug-likeness (QED) is 0.363. The molecular weight excluding hydrogens is 259 g/mol. The maximum absolute atomic E-state index is 13.1. The first-order valence-corrected chi connectivity index (χ1v) is 4.77. The van der Waals surface area contributed by atoms with Crippen LogP contribution in [0.5, 0.6) is 0 Å². The number of benzene rings is 1. The lowest BCUT2D eigenvalue weighted by atomic mass is 10.0. The van der Waals surface area contributed by atoms with Crippen molar-refractivity contribution in [3.05, 3.63) is 34.6 Å². The molecule has 0 atom stereocenters. The lowest BCUT2D eigenvalue weighted by Gasteiger charge is -2.07. The van der Waals surface area contributed by atoms with Crippen LogP contribution in [-0.2, 0) is 16.0 Å². The highest BCUT2D eigenvalue weighted by molar-refractivity contribution is 5.98. The molecule has 0 saturated carbocycles. The molecule has 0 saturated heterocycles. The van der Waals surface area contributed by atoms with E-state index in [0.717, 1.165) is 6.92 Å². The van der Waals surface area contributed by atoms with Crippen molar-refractivity contribution >= 4 is 11.6 Å². The second-order valence-corrected chi connectivity index (χ2v) is 3.64. The van der Waals surface area contributed by atoms with E-state index < -0.39 is 59.1 Å². The van der Waals surface area contributed by atoms with E-state index in [1.165, 1.54) is 0 Å². The fourth-order valence-electron chi connectivity index (χ4n) is 1.34. The zero-order chi connectivity index (χ0) is 14.0. The number of ketones is 2. The Labute approximate surface area is 98.4 Å². The highest BCUT2D eigenvalue weighted by Crippen LogP contribution is 2.23. The first kappa shape index (κ1) is 14.3. The number of hydrogen-bond acceptors (Lipinski definition) is 2. The summed E-state index contributed by atoms with van der Waals surface area (Å²) in [5.74, 6) is -12.1. The van der Waals surface area contributed by atoms with Gasteiger partial charge in [0.15, 0.2) is 23.3 Å². The van der Waals surface area contributed by atoms with Gasteiger partial charge in [-0.25, -0.2) is 22.0 Å². The molecule has 0 N–H and O–H groups in total. The molecule has 0 aliphatic heterocycles. The van der Waals surface area contributed by atoms with Crippen molar-refractivity contribution < 1.29 is 31.5 Å². The normalized spacial score (nSPS) is 10.6. The number of halogens is 5. The maximum Gasteiger partial charge on any atom is 0.200 e. The average Bonchev–Trinajstić information content (AvgIpc) is 2.29. The number of hydrogen-bond donors (Lipinski definition) is 0. The molecule has 0 bridgehead atoms. The topological polar surface area (TPSA) is 34.1 Å². The van der Waals surface area contributed by atoms with Gasteiger partial charge in [0.1, 0.15) is 11.6 Å². The fraction of sp³-hybridized carbons (Fsp3) is 0.273. The molecule has 0 fully saturated rings. The van der Waals surface area contributed by atoms with Crippen molar-refractivity contribution in [2.24, 2.45) is 0 Å². The van der Waals surface area contributed by atoms with E-state index >= 15 is 0 Å². The molecule has 0 aromatic heterocycles. The van der Waals surface area contributed by atoms with Crippen LogP contribution in [0.25, 0.3) is 0 Å². The number of carbonyl (C=O) groups is 2. The molecule has 1 aromatic carbocycles. The Morgan fingerprint density at radius 1 is 0.833 bits per heavy atom. The van der Waals surface area contributed by atoms with Crippen LogP contribution in [0, 0.1) is 29.1 Å². The number of rotatable bonds is 4. The average molecular weight is 266 g/mol. The maximum atomic E-state index is 13.1. The van der Waals surface area contributed by atoms with Gasteiger partial charge in [0, 0.05) is 12.0 Å². The van der Waals surface area contributed by atoms with Gasteiger partial charge in [-0.1, -0.05) is 0 Å². The van der Waals surface area contributed by atoms with Gasteiger partial charge in [-0.15, -0.1) is 0 Å². The minimum atomic E-state index is -2.28. The molecule has 98 valence electrons. The van der Waals surface area contributed by atoms with Crippen molar-refractivity contribution in [2.45, 2.75) is 19.8 Å². The van der Waals surface area contributed by atoms with E-state index in [1.807, 2.05) is 0 Å². The predicted octanol–water partition coefficient (Wildman–Crippen LogP) is 2.47. The lowest BCUT2D eigenvalue weighted by Crippen LogP contribution is -2.14. The predicted molar refractivity (Wildman–Crippen MR) is 50.2 cm³/mol. The zero-order valence-corrected chi connectivity index (χ0v) is 9.12. The van der Waals surface area contributed by atoms with Crippen LogP contribution in [0.3, 0.4) is 0 Å². The summed E-state index contributed by atoms with van der Waals surface area (Å²) < 4.78 is 64.5. The first-order chi connectivity index (χ1) is 8.25. The van der Waals surface area contributed by atoms with E-state index in [0.29, 0.717) is 0 Å². The van der Waals surface area contributed by atoms with Crippen LogP contribution in [0.15, 0.2) is 0 Å². The van der Waals surface area contributed by atoms with Gasteiger partial charge >= 0.3 is 0 Å². The minimum Gasteiger partial charge on any atom is -0.300 e. The van der Waals surface area contributed by atoms with E-state index in [9.17, 15) is 31.5 Å². The monoisotopic (exact) mass is 266 g/mol. The standard InChI is InChI=1S/C11H7F5O2/c1-4(17)2-5(18)3-6-7(12)9(14)11(16)10(15)8(6)13/h2-3H2,1H3. The Hall–Kier alpha value is -1.79. The highest BCUT2D eigenvalue weighted by atomic mass is 19.2. The second kappa shape index (κ2) is 5.24. The third-order valence-electron chi connectivity index (χ3n) is 2.12. The summed E-state index contributed by atoms with van der Waals surface area (Å²) in [6.45, 7) is 1.07. The van der Waals surface area contributed by atoms with E-state index in [1.54, 1.807) is 0 Å². The van der Waals surface area contributed by atoms with E-state index in [2.05, 4.69) is 0 Å². The van der Waals surface area contributed by atoms with Gasteiger partial charge in [0.25, 0.3) is 0 Å². The van der Waals surface area contributed by atoms with Gasteiger partial charge in [0.2, 0.25) is 5.82 Å². The lowest BCUT2D eigenvalue weighted by molar-refractivity contribution is -0.125. The van der Waals surface area contributed by atoms with Gasteiger partial charge < -0.3 is 0 Å². The summed E-state index contributed by atoms with van der Waals surface area (Å²) in [5, 5.41) is 0. The van der Waals surface area contributed by atoms with Crippen LogP contribution >= 0.6 is 0 Å². The molecule has 0 spiro atoms. The second-order valence-electron chi connectivity index (χ2n) is 3.64. The summed E-state index contributed by atoms with van der Waals surface area (Å²) in [6.07, 6.45) is -1.65. The van der Waals surface area contributed by atoms with E-state index in [-0.39, 0.29) is 0 Å². The molecule has 2 nitrogen and oxygen atoms in total. The van der Waals surface area contributed by atoms with Crippen molar-refractivity contribution in [3.8, 4) is 0 Å². The molecule has 0 radical (unpaired) electrons. The van der Waals surface area contributed by atoms with Crippen LogP contribution < -0.4 is 0 Å². The SMILES string of the molecule is CC(=O)CC(=O)Cc1c(F)c(F)c(F)c(F)c1F. The van der Waals surface area contributed by atoms with Crippen molar-refractivity contribution in [1.29, 1.82) is 0 Å². The van der Waals surface area contributed by atoms with Gasteiger partial charge in [0.05, 0.1) is 6.42 Å². The molecule has 0 aliphatic carbocycles. The Bertz CT molecular complexity index is 496. The third kappa shape index (κ3) is 2.72. The molecule has 7 heteroatoms. The summed E-state index contributed by atoms with van der Waals surface area (Å²) in [4.78, 5) is 21.7. The van der Waals surface area contributed by atoms with Crippen molar-refractivity contribution in [1.82, 2.24) is 0 Å². The fourth-order valence-corrected chi connectivity index (χ4v) is 1.34. The molecule has 0 heterocycles. The smallest absolute Gasteiger partial charge is 0.200 e. The molecule has 18 heavy (non-hydrogen) atoms. The Balaban J connectivity index is 3.18. The molecule has 0 amide bonds. The molecular formula is C11H7F5O2. The van der Waals surface area contributed by atoms with Crippen LogP contribution in [-0.4, -0.2) is 11.6 Å².